The highest BCUT2D eigenvalue weighted by Gasteiger charge is 2.19. The molecule has 2 aromatic carbocycles. The van der Waals surface area contributed by atoms with Gasteiger partial charge in [-0.25, -0.2) is 18.0 Å². The number of hydrogen-bond donors (Lipinski definition) is 1. The van der Waals surface area contributed by atoms with Crippen LogP contribution in [0.2, 0.25) is 0 Å². The smallest absolute Gasteiger partial charge is 0.337 e. The SMILES string of the molecule is CCOc1ccc(S(=O)(=O)Nc2cc(C(=O)OC)cc(C(=O)OC)c2)cc1C. The van der Waals surface area contributed by atoms with Crippen LogP contribution in [0.5, 0.6) is 5.75 Å². The maximum atomic E-state index is 12.7. The van der Waals surface area contributed by atoms with Gasteiger partial charge in [0.25, 0.3) is 10.0 Å². The van der Waals surface area contributed by atoms with Gasteiger partial charge in [0.15, 0.2) is 0 Å². The highest BCUT2D eigenvalue weighted by Crippen LogP contribution is 2.25. The number of nitrogens with one attached hydrogen (secondary N) is 1. The molecule has 2 rings (SSSR count). The molecule has 0 heterocycles. The molecule has 0 unspecified atom stereocenters. The van der Waals surface area contributed by atoms with Crippen LogP contribution >= 0.6 is 0 Å². The molecule has 0 saturated heterocycles. The Morgan fingerprint density at radius 2 is 1.54 bits per heavy atom. The van der Waals surface area contributed by atoms with Crippen molar-refractivity contribution < 1.29 is 32.2 Å². The van der Waals surface area contributed by atoms with Gasteiger partial charge in [-0.3, -0.25) is 4.72 Å². The molecule has 8 nitrogen and oxygen atoms in total. The highest BCUT2D eigenvalue weighted by atomic mass is 32.2. The monoisotopic (exact) mass is 407 g/mol. The Balaban J connectivity index is 2.43. The van der Waals surface area contributed by atoms with Crippen molar-refractivity contribution in [3.63, 3.8) is 0 Å². The van der Waals surface area contributed by atoms with Gasteiger partial charge in [0.05, 0.1) is 42.5 Å². The second kappa shape index (κ2) is 8.75. The topological polar surface area (TPSA) is 108 Å². The lowest BCUT2D eigenvalue weighted by Gasteiger charge is -2.13. The maximum Gasteiger partial charge on any atom is 0.337 e. The summed E-state index contributed by atoms with van der Waals surface area (Å²) < 4.78 is 42.5. The lowest BCUT2D eigenvalue weighted by atomic mass is 10.1. The zero-order chi connectivity index (χ0) is 20.9. The Kier molecular flexibility index (Phi) is 6.63. The van der Waals surface area contributed by atoms with Crippen LogP contribution in [0, 0.1) is 6.92 Å². The normalized spacial score (nSPS) is 10.9. The van der Waals surface area contributed by atoms with E-state index in [1.807, 2.05) is 6.92 Å². The zero-order valence-electron chi connectivity index (χ0n) is 15.9. The predicted molar refractivity (Wildman–Crippen MR) is 102 cm³/mol. The first-order valence-corrected chi connectivity index (χ1v) is 9.78. The first-order valence-electron chi connectivity index (χ1n) is 8.29. The second-order valence-corrected chi connectivity index (χ2v) is 7.43. The number of carbonyl (C=O) groups is 2. The number of hydrogen-bond acceptors (Lipinski definition) is 7. The van der Waals surface area contributed by atoms with E-state index in [0.717, 1.165) is 0 Å². The molecule has 0 fully saturated rings. The van der Waals surface area contributed by atoms with Crippen LogP contribution in [0.1, 0.15) is 33.2 Å². The zero-order valence-corrected chi connectivity index (χ0v) is 16.8. The molecule has 1 N–H and O–H groups in total. The number of esters is 2. The summed E-state index contributed by atoms with van der Waals surface area (Å²) in [6, 6.07) is 8.26. The molecule has 0 spiro atoms. The van der Waals surface area contributed by atoms with E-state index in [2.05, 4.69) is 14.2 Å². The molecule has 0 aromatic heterocycles. The number of sulfonamides is 1. The first kappa shape index (κ1) is 21.2. The average molecular weight is 407 g/mol. The van der Waals surface area contributed by atoms with Gasteiger partial charge in [-0.1, -0.05) is 0 Å². The summed E-state index contributed by atoms with van der Waals surface area (Å²) in [6.45, 7) is 4.03. The van der Waals surface area contributed by atoms with Crippen molar-refractivity contribution in [3.05, 3.63) is 53.1 Å². The van der Waals surface area contributed by atoms with Crippen molar-refractivity contribution in [1.82, 2.24) is 0 Å². The van der Waals surface area contributed by atoms with Crippen LogP contribution < -0.4 is 9.46 Å². The number of ether oxygens (including phenoxy) is 3. The molecular formula is C19H21NO7S. The van der Waals surface area contributed by atoms with Crippen LogP contribution in [0.15, 0.2) is 41.3 Å². The van der Waals surface area contributed by atoms with E-state index in [4.69, 9.17) is 4.74 Å². The van der Waals surface area contributed by atoms with Crippen molar-refractivity contribution in [2.75, 3.05) is 25.5 Å². The summed E-state index contributed by atoms with van der Waals surface area (Å²) in [7, 11) is -1.62. The number of aryl methyl sites for hydroxylation is 1. The van der Waals surface area contributed by atoms with Crippen molar-refractivity contribution in [3.8, 4) is 5.75 Å². The molecular weight excluding hydrogens is 386 g/mol. The van der Waals surface area contributed by atoms with Gasteiger partial charge in [-0.15, -0.1) is 0 Å². The number of methoxy groups -OCH3 is 2. The summed E-state index contributed by atoms with van der Waals surface area (Å²) >= 11 is 0. The third-order valence-corrected chi connectivity index (χ3v) is 5.16. The predicted octanol–water partition coefficient (Wildman–Crippen LogP) is 2.77. The molecule has 0 radical (unpaired) electrons. The number of carbonyl (C=O) groups excluding carboxylic acids is 2. The van der Waals surface area contributed by atoms with Crippen LogP contribution in [0.4, 0.5) is 5.69 Å². The fourth-order valence-corrected chi connectivity index (χ4v) is 3.60. The summed E-state index contributed by atoms with van der Waals surface area (Å²) in [5.41, 5.74) is 0.690. The molecule has 0 saturated carbocycles. The molecule has 28 heavy (non-hydrogen) atoms. The third kappa shape index (κ3) is 4.80. The average Bonchev–Trinajstić information content (AvgIpc) is 2.67. The third-order valence-electron chi connectivity index (χ3n) is 3.78. The van der Waals surface area contributed by atoms with Crippen molar-refractivity contribution >= 4 is 27.6 Å². The minimum absolute atomic E-state index is 0.00553. The van der Waals surface area contributed by atoms with E-state index in [-0.39, 0.29) is 21.7 Å². The van der Waals surface area contributed by atoms with Gasteiger partial charge >= 0.3 is 11.9 Å². The largest absolute Gasteiger partial charge is 0.494 e. The van der Waals surface area contributed by atoms with E-state index in [9.17, 15) is 18.0 Å². The maximum absolute atomic E-state index is 12.7. The summed E-state index contributed by atoms with van der Waals surface area (Å²) in [5.74, 6) is -0.853. The molecule has 0 atom stereocenters. The van der Waals surface area contributed by atoms with E-state index < -0.39 is 22.0 Å². The minimum Gasteiger partial charge on any atom is -0.494 e. The van der Waals surface area contributed by atoms with Gasteiger partial charge in [0.1, 0.15) is 5.75 Å². The molecule has 0 aliphatic heterocycles. The lowest BCUT2D eigenvalue weighted by Crippen LogP contribution is -2.15. The number of benzene rings is 2. The Morgan fingerprint density at radius 1 is 0.964 bits per heavy atom. The Labute approximate surface area is 163 Å². The van der Waals surface area contributed by atoms with Gasteiger partial charge in [0, 0.05) is 0 Å². The molecule has 0 aliphatic carbocycles. The Hall–Kier alpha value is -3.07. The fraction of sp³-hybridized carbons (Fsp3) is 0.263. The molecule has 0 aliphatic rings. The van der Waals surface area contributed by atoms with Crippen LogP contribution in [0.25, 0.3) is 0 Å². The van der Waals surface area contributed by atoms with Gasteiger partial charge < -0.3 is 14.2 Å². The van der Waals surface area contributed by atoms with E-state index in [1.54, 1.807) is 13.0 Å². The number of anilines is 1. The molecule has 9 heteroatoms. The Bertz CT molecular complexity index is 965. The summed E-state index contributed by atoms with van der Waals surface area (Å²) in [5, 5.41) is 0. The Morgan fingerprint density at radius 3 is 2.00 bits per heavy atom. The lowest BCUT2D eigenvalue weighted by molar-refractivity contribution is 0.0599. The van der Waals surface area contributed by atoms with Gasteiger partial charge in [-0.2, -0.15) is 0 Å². The van der Waals surface area contributed by atoms with Crippen LogP contribution in [0.3, 0.4) is 0 Å². The van der Waals surface area contributed by atoms with Crippen molar-refractivity contribution in [2.24, 2.45) is 0 Å². The molecule has 0 bridgehead atoms. The first-order chi connectivity index (χ1) is 13.2. The summed E-state index contributed by atoms with van der Waals surface area (Å²) in [4.78, 5) is 23.7. The van der Waals surface area contributed by atoms with Crippen molar-refractivity contribution in [1.29, 1.82) is 0 Å². The number of rotatable bonds is 7. The van der Waals surface area contributed by atoms with Crippen molar-refractivity contribution in [2.45, 2.75) is 18.7 Å². The highest BCUT2D eigenvalue weighted by molar-refractivity contribution is 7.92. The quantitative estimate of drug-likeness (QED) is 0.703. The van der Waals surface area contributed by atoms with Crippen LogP contribution in [-0.4, -0.2) is 41.2 Å². The fourth-order valence-electron chi connectivity index (χ4n) is 2.48. The minimum atomic E-state index is -3.98. The second-order valence-electron chi connectivity index (χ2n) is 5.75. The van der Waals surface area contributed by atoms with E-state index in [1.165, 1.54) is 44.6 Å². The van der Waals surface area contributed by atoms with Crippen LogP contribution in [-0.2, 0) is 19.5 Å². The molecule has 0 amide bonds. The van der Waals surface area contributed by atoms with Gasteiger partial charge in [-0.05, 0) is 55.8 Å². The molecule has 2 aromatic rings. The standard InChI is InChI=1S/C19H21NO7S/c1-5-27-17-7-6-16(8-12(17)2)28(23,24)20-15-10-13(18(21)25-3)9-14(11-15)19(22)26-4/h6-11,20H,5H2,1-4H3. The molecule has 150 valence electrons. The van der Waals surface area contributed by atoms with Gasteiger partial charge in [0.2, 0.25) is 0 Å². The van der Waals surface area contributed by atoms with E-state index >= 15 is 0 Å². The van der Waals surface area contributed by atoms with E-state index in [0.29, 0.717) is 17.9 Å². The summed E-state index contributed by atoms with van der Waals surface area (Å²) in [6.07, 6.45) is 0.